The van der Waals surface area contributed by atoms with Crippen LogP contribution in [0.2, 0.25) is 0 Å². The number of carbonyl (C=O) groups is 2. The Morgan fingerprint density at radius 3 is 2.58 bits per heavy atom. The summed E-state index contributed by atoms with van der Waals surface area (Å²) in [5.74, 6) is -0.0681. The van der Waals surface area contributed by atoms with Gasteiger partial charge in [0.1, 0.15) is 5.75 Å². The van der Waals surface area contributed by atoms with Crippen LogP contribution in [0.5, 0.6) is 5.75 Å². The summed E-state index contributed by atoms with van der Waals surface area (Å²) in [4.78, 5) is 23.8. The van der Waals surface area contributed by atoms with Crippen LogP contribution < -0.4 is 21.1 Å². The fraction of sp³-hybridized carbons (Fsp3) is 0.375. The molecule has 12 heteroatoms. The van der Waals surface area contributed by atoms with Crippen LogP contribution >= 0.6 is 0 Å². The van der Waals surface area contributed by atoms with Crippen molar-refractivity contribution < 1.29 is 23.8 Å². The number of benzene rings is 1. The Kier molecular flexibility index (Phi) is 8.08. The number of nitrogens with zero attached hydrogens (tertiary/aromatic N) is 3. The number of H-pyrrole nitrogens is 1. The van der Waals surface area contributed by atoms with Crippen LogP contribution in [0.3, 0.4) is 0 Å². The van der Waals surface area contributed by atoms with Gasteiger partial charge in [-0.3, -0.25) is 14.7 Å². The van der Waals surface area contributed by atoms with E-state index in [-0.39, 0.29) is 23.3 Å². The summed E-state index contributed by atoms with van der Waals surface area (Å²) >= 11 is 0. The van der Waals surface area contributed by atoms with Crippen LogP contribution in [-0.2, 0) is 14.3 Å². The highest BCUT2D eigenvalue weighted by Crippen LogP contribution is 2.38. The zero-order chi connectivity index (χ0) is 25.5. The van der Waals surface area contributed by atoms with Crippen molar-refractivity contribution in [1.82, 2.24) is 20.4 Å². The molecule has 1 aliphatic heterocycles. The number of amides is 2. The maximum absolute atomic E-state index is 12.0. The quantitative estimate of drug-likeness (QED) is 0.367. The van der Waals surface area contributed by atoms with Gasteiger partial charge in [-0.05, 0) is 25.3 Å². The molecule has 1 aliphatic carbocycles. The molecule has 1 unspecified atom stereocenters. The minimum absolute atomic E-state index is 0.00996. The average molecular weight is 496 g/mol. The number of aromatic nitrogens is 4. The molecule has 5 rings (SSSR count). The first-order valence-corrected chi connectivity index (χ1v) is 11.5. The number of primary amides is 1. The van der Waals surface area contributed by atoms with Gasteiger partial charge in [0.2, 0.25) is 5.91 Å². The van der Waals surface area contributed by atoms with Crippen molar-refractivity contribution in [2.75, 3.05) is 38.1 Å². The molecule has 1 saturated heterocycles. The summed E-state index contributed by atoms with van der Waals surface area (Å²) in [5, 5.41) is 20.3. The van der Waals surface area contributed by atoms with E-state index in [0.29, 0.717) is 23.2 Å². The van der Waals surface area contributed by atoms with Gasteiger partial charge >= 0.3 is 0 Å². The highest BCUT2D eigenvalue weighted by atomic mass is 16.5. The summed E-state index contributed by atoms with van der Waals surface area (Å²) < 4.78 is 15.6. The maximum Gasteiger partial charge on any atom is 0.271 e. The molecule has 190 valence electrons. The van der Waals surface area contributed by atoms with E-state index in [9.17, 15) is 9.59 Å². The average Bonchev–Trinajstić information content (AvgIpc) is 3.34. The molecule has 0 radical (unpaired) electrons. The number of nitrogens with two attached hydrogens (primary N) is 1. The Morgan fingerprint density at radius 2 is 2.00 bits per heavy atom. The van der Waals surface area contributed by atoms with Crippen molar-refractivity contribution in [3.8, 4) is 16.9 Å². The van der Waals surface area contributed by atoms with Crippen molar-refractivity contribution in [2.45, 2.75) is 25.4 Å². The van der Waals surface area contributed by atoms with E-state index in [0.717, 1.165) is 43.6 Å². The summed E-state index contributed by atoms with van der Waals surface area (Å²) in [6.07, 6.45) is 6.59. The first-order chi connectivity index (χ1) is 17.5. The maximum atomic E-state index is 12.0. The number of hydrogen-bond acceptors (Lipinski definition) is 9. The monoisotopic (exact) mass is 495 g/mol. The van der Waals surface area contributed by atoms with Crippen LogP contribution in [0.1, 0.15) is 29.8 Å². The minimum atomic E-state index is -0.745. The van der Waals surface area contributed by atoms with Crippen LogP contribution in [0, 0.1) is 5.92 Å². The molecule has 1 atom stereocenters. The van der Waals surface area contributed by atoms with E-state index in [2.05, 4.69) is 31.0 Å². The van der Waals surface area contributed by atoms with E-state index >= 15 is 0 Å². The third-order valence-corrected chi connectivity index (χ3v) is 5.75. The lowest BCUT2D eigenvalue weighted by molar-refractivity contribution is -0.117. The molecule has 2 fully saturated rings. The van der Waals surface area contributed by atoms with Gasteiger partial charge in [0.25, 0.3) is 5.91 Å². The topological polar surface area (TPSA) is 166 Å². The van der Waals surface area contributed by atoms with Gasteiger partial charge in [0.15, 0.2) is 11.5 Å². The lowest BCUT2D eigenvalue weighted by atomic mass is 10.1. The second-order valence-electron chi connectivity index (χ2n) is 8.34. The molecule has 2 aliphatic rings. The molecule has 3 aromatic rings. The normalized spacial score (nSPS) is 16.6. The predicted molar refractivity (Wildman–Crippen MR) is 132 cm³/mol. The highest BCUT2D eigenvalue weighted by molar-refractivity contribution is 5.99. The van der Waals surface area contributed by atoms with Crippen molar-refractivity contribution in [3.05, 3.63) is 42.4 Å². The largest absolute Gasteiger partial charge is 0.494 e. The Hall–Kier alpha value is -4.03. The molecule has 1 aromatic carbocycles. The number of ether oxygens (including phenoxy) is 3. The molecule has 36 heavy (non-hydrogen) atoms. The number of methoxy groups -OCH3 is 2. The predicted octanol–water partition coefficient (Wildman–Crippen LogP) is 2.49. The fourth-order valence-corrected chi connectivity index (χ4v) is 3.63. The van der Waals surface area contributed by atoms with Gasteiger partial charge in [0, 0.05) is 43.0 Å². The number of rotatable bonds is 8. The van der Waals surface area contributed by atoms with Crippen molar-refractivity contribution in [1.29, 1.82) is 0 Å². The van der Waals surface area contributed by atoms with Gasteiger partial charge < -0.3 is 30.6 Å². The first-order valence-electron chi connectivity index (χ1n) is 11.5. The smallest absolute Gasteiger partial charge is 0.271 e. The molecule has 3 heterocycles. The Bertz CT molecular complexity index is 1190. The van der Waals surface area contributed by atoms with E-state index < -0.39 is 5.91 Å². The number of nitrogens with one attached hydrogen (secondary N) is 3. The summed E-state index contributed by atoms with van der Waals surface area (Å²) in [6.45, 7) is 1.66. The molecule has 2 amide bonds. The number of aromatic amines is 1. The van der Waals surface area contributed by atoms with E-state index in [4.69, 9.17) is 19.9 Å². The minimum Gasteiger partial charge on any atom is -0.494 e. The van der Waals surface area contributed by atoms with Gasteiger partial charge in [-0.1, -0.05) is 12.1 Å². The van der Waals surface area contributed by atoms with Crippen LogP contribution in [0.15, 0.2) is 36.7 Å². The Labute approximate surface area is 207 Å². The lowest BCUT2D eigenvalue weighted by Crippen LogP contribution is -2.19. The van der Waals surface area contributed by atoms with E-state index in [1.54, 1.807) is 32.7 Å². The summed E-state index contributed by atoms with van der Waals surface area (Å²) in [6, 6.07) is 7.03. The molecule has 0 bridgehead atoms. The van der Waals surface area contributed by atoms with Crippen LogP contribution in [-0.4, -0.2) is 65.7 Å². The molecule has 12 nitrogen and oxygen atoms in total. The van der Waals surface area contributed by atoms with E-state index in [1.807, 2.05) is 12.1 Å². The fourth-order valence-electron chi connectivity index (χ4n) is 3.63. The van der Waals surface area contributed by atoms with Crippen LogP contribution in [0.4, 0.5) is 17.2 Å². The van der Waals surface area contributed by atoms with Gasteiger partial charge in [-0.2, -0.15) is 5.10 Å². The number of carbonyl (C=O) groups excluding carboxylic acids is 2. The van der Waals surface area contributed by atoms with Crippen molar-refractivity contribution >= 4 is 29.0 Å². The van der Waals surface area contributed by atoms with E-state index in [1.165, 1.54) is 6.07 Å². The van der Waals surface area contributed by atoms with Crippen LogP contribution in [0.25, 0.3) is 11.1 Å². The number of anilines is 3. The zero-order valence-electron chi connectivity index (χ0n) is 20.1. The standard InChI is InChI=1S/C19H19N7O3.C5H10O2/c1-29-17-12(11-8-21-22-9-11)3-2-4-13(17)23-14-7-15(24-19(28)10-5-6-10)25-26-16(14)18(20)27;1-6-5-2-3-7-4-5/h2-4,7-10H,5-6H2,1H3,(H2,20,27)(H,21,22)(H2,23,24,25,28);5H,2-4H2,1H3. The second-order valence-corrected chi connectivity index (χ2v) is 8.34. The molecule has 5 N–H and O–H groups in total. The SMILES string of the molecule is COC1CCOC1.COc1c(Nc2cc(NC(=O)C3CC3)nnc2C(N)=O)cccc1-c1cn[nH]c1. The Morgan fingerprint density at radius 1 is 1.17 bits per heavy atom. The highest BCUT2D eigenvalue weighted by Gasteiger charge is 2.30. The zero-order valence-corrected chi connectivity index (χ0v) is 20.1. The second kappa shape index (κ2) is 11.6. The van der Waals surface area contributed by atoms with Gasteiger partial charge in [-0.15, -0.1) is 10.2 Å². The van der Waals surface area contributed by atoms with Crippen molar-refractivity contribution in [2.24, 2.45) is 11.7 Å². The Balaban J connectivity index is 0.000000375. The third kappa shape index (κ3) is 6.15. The molecule has 1 saturated carbocycles. The molecular formula is C24H29N7O5. The first kappa shape index (κ1) is 25.1. The summed E-state index contributed by atoms with van der Waals surface area (Å²) in [7, 11) is 3.27. The number of para-hydroxylation sites is 1. The lowest BCUT2D eigenvalue weighted by Gasteiger charge is -2.16. The molecular weight excluding hydrogens is 466 g/mol. The number of hydrogen-bond donors (Lipinski definition) is 4. The van der Waals surface area contributed by atoms with Crippen molar-refractivity contribution in [3.63, 3.8) is 0 Å². The van der Waals surface area contributed by atoms with Gasteiger partial charge in [0.05, 0.1) is 37.4 Å². The molecule has 2 aromatic heterocycles. The summed E-state index contributed by atoms with van der Waals surface area (Å²) in [5.41, 5.74) is 7.92. The molecule has 0 spiro atoms. The van der Waals surface area contributed by atoms with Gasteiger partial charge in [-0.25, -0.2) is 0 Å². The third-order valence-electron chi connectivity index (χ3n) is 5.75.